The van der Waals surface area contributed by atoms with E-state index in [-0.39, 0.29) is 5.41 Å². The van der Waals surface area contributed by atoms with Crippen molar-refractivity contribution in [3.05, 3.63) is 53.6 Å². The van der Waals surface area contributed by atoms with Crippen LogP contribution in [0.25, 0.3) is 6.08 Å². The Bertz CT molecular complexity index is 841. The maximum absolute atomic E-state index is 6.53. The van der Waals surface area contributed by atoms with Gasteiger partial charge in [0.05, 0.1) is 11.1 Å². The summed E-state index contributed by atoms with van der Waals surface area (Å²) in [6, 6.07) is 12.1. The van der Waals surface area contributed by atoms with E-state index in [1.54, 1.807) is 6.07 Å². The summed E-state index contributed by atoms with van der Waals surface area (Å²) < 4.78 is 6.53. The van der Waals surface area contributed by atoms with Crippen molar-refractivity contribution in [1.82, 2.24) is 0 Å². The van der Waals surface area contributed by atoms with Crippen molar-refractivity contribution in [2.75, 3.05) is 23.4 Å². The second kappa shape index (κ2) is 4.22. The molecule has 0 amide bonds. The Morgan fingerprint density at radius 3 is 2.57 bits per heavy atom. The van der Waals surface area contributed by atoms with E-state index >= 15 is 0 Å². The first-order valence-electron chi connectivity index (χ1n) is 7.77. The lowest BCUT2D eigenvalue weighted by Crippen LogP contribution is -2.58. The van der Waals surface area contributed by atoms with Gasteiger partial charge in [0, 0.05) is 24.0 Å². The first-order chi connectivity index (χ1) is 10.9. The van der Waals surface area contributed by atoms with Crippen LogP contribution in [0.5, 0.6) is 5.75 Å². The van der Waals surface area contributed by atoms with Gasteiger partial charge in [-0.15, -0.1) is 0 Å². The Hall–Kier alpha value is -2.62. The highest BCUT2D eigenvalue weighted by Gasteiger charge is 2.57. The van der Waals surface area contributed by atoms with Crippen LogP contribution in [0.15, 0.2) is 42.5 Å². The van der Waals surface area contributed by atoms with Gasteiger partial charge in [0.25, 0.3) is 0 Å². The third kappa shape index (κ3) is 1.61. The van der Waals surface area contributed by atoms with E-state index < -0.39 is 5.72 Å². The third-order valence-electron chi connectivity index (χ3n) is 5.25. The van der Waals surface area contributed by atoms with Crippen LogP contribution in [0, 0.1) is 0 Å². The summed E-state index contributed by atoms with van der Waals surface area (Å²) >= 11 is 0. The number of fused-ring (bicyclic) bond motifs is 2. The molecule has 4 N–H and O–H groups in total. The van der Waals surface area contributed by atoms with Crippen LogP contribution < -0.4 is 21.1 Å². The Labute approximate surface area is 136 Å². The Morgan fingerprint density at radius 2 is 1.83 bits per heavy atom. The van der Waals surface area contributed by atoms with Gasteiger partial charge in [-0.2, -0.15) is 0 Å². The number of hydrogen-bond donors (Lipinski definition) is 2. The summed E-state index contributed by atoms with van der Waals surface area (Å²) in [7, 11) is 2.07. The van der Waals surface area contributed by atoms with Crippen LogP contribution in [0.4, 0.5) is 17.1 Å². The molecule has 4 nitrogen and oxygen atoms in total. The van der Waals surface area contributed by atoms with Crippen molar-refractivity contribution in [2.24, 2.45) is 0 Å². The number of nitrogen functional groups attached to an aromatic ring is 2. The molecule has 0 radical (unpaired) electrons. The summed E-state index contributed by atoms with van der Waals surface area (Å²) in [5.74, 6) is 0.703. The van der Waals surface area contributed by atoms with Gasteiger partial charge in [-0.3, -0.25) is 0 Å². The fourth-order valence-electron chi connectivity index (χ4n) is 3.93. The molecular formula is C19H21N3O. The average Bonchev–Trinajstić information content (AvgIpc) is 2.68. The van der Waals surface area contributed by atoms with Crippen LogP contribution in [0.3, 0.4) is 0 Å². The monoisotopic (exact) mass is 307 g/mol. The number of hydrogen-bond acceptors (Lipinski definition) is 4. The molecule has 118 valence electrons. The zero-order chi connectivity index (χ0) is 16.4. The molecule has 4 rings (SSSR count). The summed E-state index contributed by atoms with van der Waals surface area (Å²) in [5.41, 5.74) is 15.8. The molecule has 0 saturated carbocycles. The molecule has 1 spiro atoms. The molecule has 23 heavy (non-hydrogen) atoms. The maximum atomic E-state index is 6.53. The van der Waals surface area contributed by atoms with Crippen LogP contribution in [-0.2, 0) is 5.41 Å². The van der Waals surface area contributed by atoms with E-state index in [1.165, 1.54) is 11.3 Å². The van der Waals surface area contributed by atoms with Crippen LogP contribution in [-0.4, -0.2) is 12.8 Å². The van der Waals surface area contributed by atoms with Gasteiger partial charge in [-0.05, 0) is 49.8 Å². The number of benzene rings is 2. The normalized spacial score (nSPS) is 23.5. The number of anilines is 3. The lowest BCUT2D eigenvalue weighted by atomic mass is 9.76. The predicted molar refractivity (Wildman–Crippen MR) is 95.5 cm³/mol. The molecule has 0 aromatic heterocycles. The summed E-state index contributed by atoms with van der Waals surface area (Å²) in [6.07, 6.45) is 4.18. The second-order valence-electron chi connectivity index (χ2n) is 6.86. The summed E-state index contributed by atoms with van der Waals surface area (Å²) in [5, 5.41) is 0. The molecule has 1 unspecified atom stereocenters. The zero-order valence-corrected chi connectivity index (χ0v) is 13.6. The molecule has 2 aliphatic heterocycles. The van der Waals surface area contributed by atoms with Gasteiger partial charge in [-0.1, -0.05) is 18.2 Å². The fourth-order valence-corrected chi connectivity index (χ4v) is 3.93. The lowest BCUT2D eigenvalue weighted by Gasteiger charge is -2.46. The molecule has 0 saturated heterocycles. The molecule has 0 bridgehead atoms. The lowest BCUT2D eigenvalue weighted by molar-refractivity contribution is 0.0590. The van der Waals surface area contributed by atoms with Gasteiger partial charge in [-0.25, -0.2) is 0 Å². The van der Waals surface area contributed by atoms with E-state index in [4.69, 9.17) is 16.2 Å². The third-order valence-corrected chi connectivity index (χ3v) is 5.25. The molecule has 2 aromatic carbocycles. The van der Waals surface area contributed by atoms with E-state index in [0.29, 0.717) is 17.1 Å². The van der Waals surface area contributed by atoms with E-state index in [0.717, 1.165) is 5.56 Å². The average molecular weight is 307 g/mol. The van der Waals surface area contributed by atoms with Crippen LogP contribution in [0.1, 0.15) is 25.0 Å². The van der Waals surface area contributed by atoms with Crippen molar-refractivity contribution in [2.45, 2.75) is 25.0 Å². The molecule has 4 heteroatoms. The topological polar surface area (TPSA) is 64.5 Å². The largest absolute Gasteiger partial charge is 0.461 e. The Kier molecular flexibility index (Phi) is 2.57. The van der Waals surface area contributed by atoms with Crippen molar-refractivity contribution in [3.63, 3.8) is 0 Å². The van der Waals surface area contributed by atoms with Crippen LogP contribution in [0.2, 0.25) is 0 Å². The first-order valence-corrected chi connectivity index (χ1v) is 7.77. The van der Waals surface area contributed by atoms with Crippen molar-refractivity contribution in [1.29, 1.82) is 0 Å². The second-order valence-corrected chi connectivity index (χ2v) is 6.86. The summed E-state index contributed by atoms with van der Waals surface area (Å²) in [6.45, 7) is 4.41. The molecule has 0 aliphatic carbocycles. The first kappa shape index (κ1) is 14.0. The number of nitrogens with two attached hydrogens (primary N) is 2. The van der Waals surface area contributed by atoms with Crippen molar-refractivity contribution < 1.29 is 4.74 Å². The van der Waals surface area contributed by atoms with E-state index in [9.17, 15) is 0 Å². The number of rotatable bonds is 0. The highest BCUT2D eigenvalue weighted by Crippen LogP contribution is 2.54. The highest BCUT2D eigenvalue weighted by molar-refractivity contribution is 5.78. The molecular weight excluding hydrogens is 286 g/mol. The molecule has 0 fully saturated rings. The van der Waals surface area contributed by atoms with Gasteiger partial charge in [0.2, 0.25) is 5.72 Å². The van der Waals surface area contributed by atoms with E-state index in [2.05, 4.69) is 62.2 Å². The number of likely N-dealkylation sites (N-methyl/N-ethyl adjacent to an activating group) is 1. The Morgan fingerprint density at radius 1 is 1.09 bits per heavy atom. The molecule has 2 aromatic rings. The van der Waals surface area contributed by atoms with Crippen LogP contribution >= 0.6 is 0 Å². The van der Waals surface area contributed by atoms with E-state index in [1.807, 2.05) is 6.07 Å². The molecule has 2 heterocycles. The molecule has 2 aliphatic rings. The van der Waals surface area contributed by atoms with Gasteiger partial charge in [0.1, 0.15) is 0 Å². The smallest absolute Gasteiger partial charge is 0.211 e. The van der Waals surface area contributed by atoms with Gasteiger partial charge >= 0.3 is 0 Å². The minimum Gasteiger partial charge on any atom is -0.461 e. The number of nitrogens with zero attached hydrogens (tertiary/aromatic N) is 1. The summed E-state index contributed by atoms with van der Waals surface area (Å²) in [4.78, 5) is 2.19. The zero-order valence-electron chi connectivity index (χ0n) is 13.6. The predicted octanol–water partition coefficient (Wildman–Crippen LogP) is 3.38. The van der Waals surface area contributed by atoms with Gasteiger partial charge < -0.3 is 21.1 Å². The SMILES string of the molecule is CN1c2ccccc2C(C)(C)C12C=Cc1cc(N)cc(N)c1O2. The highest BCUT2D eigenvalue weighted by atomic mass is 16.5. The number of ether oxygens (including phenoxy) is 1. The van der Waals surface area contributed by atoms with Crippen molar-refractivity contribution >= 4 is 23.1 Å². The van der Waals surface area contributed by atoms with Crippen molar-refractivity contribution in [3.8, 4) is 5.75 Å². The standard InChI is InChI=1S/C19H21N3O/c1-18(2)14-6-4-5-7-16(14)22(3)19(18)9-8-12-10-13(20)11-15(21)17(12)23-19/h4-11H,20-21H2,1-3H3. The maximum Gasteiger partial charge on any atom is 0.211 e. The minimum atomic E-state index is -0.603. The Balaban J connectivity index is 1.92. The quantitative estimate of drug-likeness (QED) is 0.732. The number of para-hydroxylation sites is 1. The molecule has 1 atom stereocenters. The van der Waals surface area contributed by atoms with Gasteiger partial charge in [0.15, 0.2) is 5.75 Å². The fraction of sp³-hybridized carbons (Fsp3) is 0.263. The minimum absolute atomic E-state index is 0.222.